The summed E-state index contributed by atoms with van der Waals surface area (Å²) in [4.78, 5) is 11.9. The van der Waals surface area contributed by atoms with Crippen LogP contribution in [0.15, 0.2) is 28.7 Å². The van der Waals surface area contributed by atoms with Crippen LogP contribution in [-0.4, -0.2) is 31.4 Å². The zero-order chi connectivity index (χ0) is 14.4. The summed E-state index contributed by atoms with van der Waals surface area (Å²) in [7, 11) is 0. The molecule has 2 unspecified atom stereocenters. The lowest BCUT2D eigenvalue weighted by atomic mass is 10.1. The molecular formula is C15H19BrO4. The van der Waals surface area contributed by atoms with Crippen LogP contribution in [0.2, 0.25) is 0 Å². The van der Waals surface area contributed by atoms with E-state index in [1.54, 1.807) is 19.1 Å². The first-order valence-corrected chi connectivity index (χ1v) is 7.65. The van der Waals surface area contributed by atoms with Gasteiger partial charge in [0, 0.05) is 11.1 Å². The van der Waals surface area contributed by atoms with Crippen molar-refractivity contribution in [1.82, 2.24) is 0 Å². The Balaban J connectivity index is 1.75. The molecule has 1 aromatic rings. The maximum Gasteiger partial charge on any atom is 0.340 e. The Hall–Kier alpha value is -0.910. The van der Waals surface area contributed by atoms with Crippen LogP contribution in [-0.2, 0) is 14.3 Å². The van der Waals surface area contributed by atoms with Gasteiger partial charge in [-0.3, -0.25) is 0 Å². The molecule has 20 heavy (non-hydrogen) atoms. The minimum Gasteiger partial charge on any atom is -0.425 e. The number of rotatable bonds is 5. The molecule has 1 aliphatic rings. The van der Waals surface area contributed by atoms with Gasteiger partial charge in [0.1, 0.15) is 5.75 Å². The molecule has 2 atom stereocenters. The first kappa shape index (κ1) is 15.5. The summed E-state index contributed by atoms with van der Waals surface area (Å²) in [6.45, 7) is 2.92. The molecule has 1 fully saturated rings. The van der Waals surface area contributed by atoms with E-state index in [1.165, 1.54) is 0 Å². The first-order valence-electron chi connectivity index (χ1n) is 6.85. The van der Waals surface area contributed by atoms with Gasteiger partial charge in [-0.2, -0.15) is 0 Å². The molecule has 1 aromatic carbocycles. The smallest absolute Gasteiger partial charge is 0.340 e. The summed E-state index contributed by atoms with van der Waals surface area (Å²) in [5.41, 5.74) is 0. The van der Waals surface area contributed by atoms with E-state index in [1.807, 2.05) is 12.1 Å². The van der Waals surface area contributed by atoms with Crippen molar-refractivity contribution in [2.75, 3.05) is 13.2 Å². The number of carbonyl (C=O) groups is 1. The minimum absolute atomic E-state index is 0.103. The van der Waals surface area contributed by atoms with E-state index in [9.17, 15) is 4.79 Å². The SMILES string of the molecule is CC(OCC1CCCCO1)C(=O)Oc1ccc(Br)cc1. The average molecular weight is 343 g/mol. The molecule has 0 saturated carbocycles. The van der Waals surface area contributed by atoms with Gasteiger partial charge in [0.05, 0.1) is 12.7 Å². The second kappa shape index (κ2) is 7.76. The topological polar surface area (TPSA) is 44.8 Å². The zero-order valence-corrected chi connectivity index (χ0v) is 13.1. The van der Waals surface area contributed by atoms with E-state index in [4.69, 9.17) is 14.2 Å². The summed E-state index contributed by atoms with van der Waals surface area (Å²) < 4.78 is 17.3. The third-order valence-corrected chi connectivity index (χ3v) is 3.70. The highest BCUT2D eigenvalue weighted by Gasteiger charge is 2.20. The van der Waals surface area contributed by atoms with Gasteiger partial charge in [-0.25, -0.2) is 4.79 Å². The Morgan fingerprint density at radius 2 is 2.15 bits per heavy atom. The Bertz CT molecular complexity index is 426. The molecule has 4 nitrogen and oxygen atoms in total. The van der Waals surface area contributed by atoms with Gasteiger partial charge in [-0.05, 0) is 50.5 Å². The highest BCUT2D eigenvalue weighted by atomic mass is 79.9. The molecule has 0 aromatic heterocycles. The normalized spacial score (nSPS) is 20.4. The van der Waals surface area contributed by atoms with E-state index < -0.39 is 6.10 Å². The summed E-state index contributed by atoms with van der Waals surface area (Å²) >= 11 is 3.33. The molecule has 1 aliphatic heterocycles. The fourth-order valence-electron chi connectivity index (χ4n) is 1.96. The monoisotopic (exact) mass is 342 g/mol. The quantitative estimate of drug-likeness (QED) is 0.608. The average Bonchev–Trinajstić information content (AvgIpc) is 2.48. The largest absolute Gasteiger partial charge is 0.425 e. The Morgan fingerprint density at radius 1 is 1.40 bits per heavy atom. The molecular weight excluding hydrogens is 324 g/mol. The summed E-state index contributed by atoms with van der Waals surface area (Å²) in [5, 5.41) is 0. The lowest BCUT2D eigenvalue weighted by Crippen LogP contribution is -2.31. The van der Waals surface area contributed by atoms with Gasteiger partial charge >= 0.3 is 5.97 Å². The third-order valence-electron chi connectivity index (χ3n) is 3.17. The van der Waals surface area contributed by atoms with E-state index >= 15 is 0 Å². The van der Waals surface area contributed by atoms with Crippen molar-refractivity contribution in [3.63, 3.8) is 0 Å². The van der Waals surface area contributed by atoms with E-state index in [0.717, 1.165) is 30.3 Å². The molecule has 0 bridgehead atoms. The molecule has 110 valence electrons. The van der Waals surface area contributed by atoms with Crippen LogP contribution in [0.25, 0.3) is 0 Å². The molecule has 2 rings (SSSR count). The minimum atomic E-state index is -0.593. The lowest BCUT2D eigenvalue weighted by Gasteiger charge is -2.23. The molecule has 0 spiro atoms. The van der Waals surface area contributed by atoms with Crippen LogP contribution < -0.4 is 4.74 Å². The molecule has 0 aliphatic carbocycles. The van der Waals surface area contributed by atoms with Crippen molar-refractivity contribution in [3.05, 3.63) is 28.7 Å². The van der Waals surface area contributed by atoms with E-state index in [0.29, 0.717) is 12.4 Å². The van der Waals surface area contributed by atoms with Crippen LogP contribution in [0, 0.1) is 0 Å². The van der Waals surface area contributed by atoms with Crippen LogP contribution in [0.3, 0.4) is 0 Å². The van der Waals surface area contributed by atoms with Crippen LogP contribution in [0.1, 0.15) is 26.2 Å². The first-order chi connectivity index (χ1) is 9.65. The fraction of sp³-hybridized carbons (Fsp3) is 0.533. The van der Waals surface area contributed by atoms with Crippen LogP contribution >= 0.6 is 15.9 Å². The summed E-state index contributed by atoms with van der Waals surface area (Å²) in [5.74, 6) is 0.130. The standard InChI is InChI=1S/C15H19BrO4/c1-11(19-10-14-4-2-3-9-18-14)15(17)20-13-7-5-12(16)6-8-13/h5-8,11,14H,2-4,9-10H2,1H3. The molecule has 1 saturated heterocycles. The second-order valence-electron chi connectivity index (χ2n) is 4.84. The zero-order valence-electron chi connectivity index (χ0n) is 11.5. The number of ether oxygens (including phenoxy) is 3. The van der Waals surface area contributed by atoms with Gasteiger partial charge in [-0.15, -0.1) is 0 Å². The van der Waals surface area contributed by atoms with Crippen molar-refractivity contribution >= 4 is 21.9 Å². The maximum atomic E-state index is 11.9. The Morgan fingerprint density at radius 3 is 2.80 bits per heavy atom. The molecule has 1 heterocycles. The van der Waals surface area contributed by atoms with Gasteiger partial charge in [0.2, 0.25) is 0 Å². The number of hydrogen-bond acceptors (Lipinski definition) is 4. The molecule has 0 N–H and O–H groups in total. The van der Waals surface area contributed by atoms with Crippen molar-refractivity contribution in [2.24, 2.45) is 0 Å². The van der Waals surface area contributed by atoms with Crippen molar-refractivity contribution < 1.29 is 19.0 Å². The van der Waals surface area contributed by atoms with Crippen molar-refractivity contribution in [3.8, 4) is 5.75 Å². The lowest BCUT2D eigenvalue weighted by molar-refractivity contribution is -0.149. The number of hydrogen-bond donors (Lipinski definition) is 0. The number of benzene rings is 1. The van der Waals surface area contributed by atoms with E-state index in [-0.39, 0.29) is 12.1 Å². The van der Waals surface area contributed by atoms with Crippen molar-refractivity contribution in [1.29, 1.82) is 0 Å². The van der Waals surface area contributed by atoms with Gasteiger partial charge in [0.25, 0.3) is 0 Å². The highest BCUT2D eigenvalue weighted by Crippen LogP contribution is 2.17. The molecule has 0 amide bonds. The number of esters is 1. The maximum absolute atomic E-state index is 11.9. The van der Waals surface area contributed by atoms with E-state index in [2.05, 4.69) is 15.9 Å². The third kappa shape index (κ3) is 4.89. The summed E-state index contributed by atoms with van der Waals surface area (Å²) in [6.07, 6.45) is 2.77. The molecule has 0 radical (unpaired) electrons. The second-order valence-corrected chi connectivity index (χ2v) is 5.75. The van der Waals surface area contributed by atoms with Crippen LogP contribution in [0.5, 0.6) is 5.75 Å². The van der Waals surface area contributed by atoms with Crippen LogP contribution in [0.4, 0.5) is 0 Å². The van der Waals surface area contributed by atoms with Gasteiger partial charge in [-0.1, -0.05) is 15.9 Å². The fourth-order valence-corrected chi connectivity index (χ4v) is 2.22. The predicted molar refractivity (Wildman–Crippen MR) is 78.8 cm³/mol. The number of carbonyl (C=O) groups excluding carboxylic acids is 1. The molecule has 5 heteroatoms. The Kier molecular flexibility index (Phi) is 6.01. The number of halogens is 1. The van der Waals surface area contributed by atoms with Crippen molar-refractivity contribution in [2.45, 2.75) is 38.4 Å². The summed E-state index contributed by atoms with van der Waals surface area (Å²) in [6, 6.07) is 7.12. The Labute approximate surface area is 127 Å². The van der Waals surface area contributed by atoms with Gasteiger partial charge < -0.3 is 14.2 Å². The van der Waals surface area contributed by atoms with Gasteiger partial charge in [0.15, 0.2) is 6.10 Å². The highest BCUT2D eigenvalue weighted by molar-refractivity contribution is 9.10. The predicted octanol–water partition coefficient (Wildman–Crippen LogP) is 3.33.